The van der Waals surface area contributed by atoms with Gasteiger partial charge in [-0.05, 0) is 59.0 Å². The molecule has 192 valence electrons. The van der Waals surface area contributed by atoms with Gasteiger partial charge in [-0.1, -0.05) is 59.2 Å². The largest absolute Gasteiger partial charge is 0.433 e. The lowest BCUT2D eigenvalue weighted by molar-refractivity contribution is -0.141. The van der Waals surface area contributed by atoms with Crippen molar-refractivity contribution in [3.8, 4) is 22.3 Å². The molecule has 2 aromatic carbocycles. The van der Waals surface area contributed by atoms with E-state index in [1.807, 2.05) is 24.3 Å². The van der Waals surface area contributed by atoms with Crippen molar-refractivity contribution in [2.45, 2.75) is 19.6 Å². The summed E-state index contributed by atoms with van der Waals surface area (Å²) in [5.74, 6) is 0. The van der Waals surface area contributed by atoms with Gasteiger partial charge in [-0.25, -0.2) is 13.9 Å². The Hall–Kier alpha value is -4.44. The maximum Gasteiger partial charge on any atom is 0.433 e. The molecule has 0 saturated carbocycles. The van der Waals surface area contributed by atoms with Crippen molar-refractivity contribution < 1.29 is 18.4 Å². The second-order valence-corrected chi connectivity index (χ2v) is 8.99. The molecule has 0 amide bonds. The van der Waals surface area contributed by atoms with Crippen molar-refractivity contribution in [3.63, 3.8) is 0 Å². The second-order valence-electron chi connectivity index (χ2n) is 8.56. The molecule has 38 heavy (non-hydrogen) atoms. The summed E-state index contributed by atoms with van der Waals surface area (Å²) in [6.07, 6.45) is -1.86. The van der Waals surface area contributed by atoms with Crippen molar-refractivity contribution >= 4 is 23.0 Å². The molecule has 0 fully saturated rings. The zero-order valence-corrected chi connectivity index (χ0v) is 20.6. The zero-order chi connectivity index (χ0) is 27.0. The number of nitrogens with zero attached hydrogens (tertiary/aromatic N) is 5. The normalized spacial score (nSPS) is 12.3. The number of oxime groups is 1. The molecule has 5 rings (SSSR count). The molecule has 0 saturated heterocycles. The molecular formula is C27H19ClF3N5O2. The van der Waals surface area contributed by atoms with Crippen molar-refractivity contribution in [2.75, 3.05) is 0 Å². The van der Waals surface area contributed by atoms with Crippen molar-refractivity contribution in [2.24, 2.45) is 5.16 Å². The van der Waals surface area contributed by atoms with Crippen LogP contribution in [0.4, 0.5) is 13.2 Å². The number of hydrogen-bond acceptors (Lipinski definition) is 5. The van der Waals surface area contributed by atoms with Crippen molar-refractivity contribution in [1.82, 2.24) is 19.2 Å². The summed E-state index contributed by atoms with van der Waals surface area (Å²) in [6.45, 7) is 1.61. The van der Waals surface area contributed by atoms with Gasteiger partial charge in [0.2, 0.25) is 0 Å². The van der Waals surface area contributed by atoms with Crippen LogP contribution in [0.15, 0.2) is 89.1 Å². The third kappa shape index (κ3) is 4.78. The van der Waals surface area contributed by atoms with Crippen LogP contribution < -0.4 is 5.69 Å². The highest BCUT2D eigenvalue weighted by Gasteiger charge is 2.32. The predicted molar refractivity (Wildman–Crippen MR) is 138 cm³/mol. The Morgan fingerprint density at radius 1 is 1.00 bits per heavy atom. The van der Waals surface area contributed by atoms with E-state index in [0.717, 1.165) is 29.0 Å². The smallest absolute Gasteiger partial charge is 0.411 e. The first-order valence-corrected chi connectivity index (χ1v) is 11.7. The molecule has 11 heteroatoms. The highest BCUT2D eigenvalue weighted by Crippen LogP contribution is 2.35. The van der Waals surface area contributed by atoms with Crippen LogP contribution in [0, 0.1) is 0 Å². The highest BCUT2D eigenvalue weighted by atomic mass is 35.5. The minimum Gasteiger partial charge on any atom is -0.411 e. The second kappa shape index (κ2) is 9.79. The van der Waals surface area contributed by atoms with Crippen LogP contribution in [0.1, 0.15) is 23.7 Å². The van der Waals surface area contributed by atoms with Gasteiger partial charge in [0, 0.05) is 23.0 Å². The number of benzene rings is 2. The zero-order valence-electron chi connectivity index (χ0n) is 19.8. The molecule has 1 N–H and O–H groups in total. The Morgan fingerprint density at radius 2 is 1.68 bits per heavy atom. The summed E-state index contributed by atoms with van der Waals surface area (Å²) < 4.78 is 41.2. The predicted octanol–water partition coefficient (Wildman–Crippen LogP) is 6.14. The fourth-order valence-corrected chi connectivity index (χ4v) is 4.26. The third-order valence-corrected chi connectivity index (χ3v) is 6.35. The summed E-state index contributed by atoms with van der Waals surface area (Å²) in [4.78, 5) is 16.7. The van der Waals surface area contributed by atoms with Crippen LogP contribution in [0.25, 0.3) is 27.9 Å². The molecule has 0 unspecified atom stereocenters. The number of rotatable bonds is 5. The molecule has 0 spiro atoms. The topological polar surface area (TPSA) is 84.8 Å². The van der Waals surface area contributed by atoms with Gasteiger partial charge < -0.3 is 5.21 Å². The first-order chi connectivity index (χ1) is 18.2. The molecule has 0 aliphatic carbocycles. The first-order valence-electron chi connectivity index (χ1n) is 11.4. The fourth-order valence-electron chi connectivity index (χ4n) is 4.13. The average molecular weight is 538 g/mol. The summed E-state index contributed by atoms with van der Waals surface area (Å²) in [5, 5.41) is 17.5. The van der Waals surface area contributed by atoms with Crippen LogP contribution in [0.2, 0.25) is 5.02 Å². The number of aromatic nitrogens is 4. The van der Waals surface area contributed by atoms with E-state index in [1.54, 1.807) is 43.5 Å². The number of alkyl halides is 3. The van der Waals surface area contributed by atoms with Crippen LogP contribution in [0.3, 0.4) is 0 Å². The van der Waals surface area contributed by atoms with Crippen LogP contribution in [0.5, 0.6) is 0 Å². The minimum absolute atomic E-state index is 0.0630. The van der Waals surface area contributed by atoms with Gasteiger partial charge in [-0.15, -0.1) is 5.10 Å². The lowest BCUT2D eigenvalue weighted by Crippen LogP contribution is -2.21. The fraction of sp³-hybridized carbons (Fsp3) is 0.111. The van der Waals surface area contributed by atoms with E-state index >= 15 is 0 Å². The molecule has 0 radical (unpaired) electrons. The van der Waals surface area contributed by atoms with Crippen LogP contribution >= 0.6 is 11.6 Å². The third-order valence-electron chi connectivity index (χ3n) is 6.10. The number of hydrogen-bond donors (Lipinski definition) is 1. The summed E-state index contributed by atoms with van der Waals surface area (Å²) in [5.41, 5.74) is 3.51. The first kappa shape index (κ1) is 25.2. The number of halogens is 4. The Morgan fingerprint density at radius 3 is 2.29 bits per heavy atom. The van der Waals surface area contributed by atoms with E-state index in [-0.39, 0.29) is 6.54 Å². The molecule has 3 heterocycles. The standard InChI is InChI=1S/C27H19ClF3N5O2/c1-16(34-38)18-3-5-20(6-4-18)24-22(19-7-9-21(28)10-8-19)12-13-35-25(24)33-36(26(35)37)15-17-2-11-23(32-14-17)27(29,30)31/h2-14,38H,15H2,1H3/b34-16-. The van der Waals surface area contributed by atoms with Gasteiger partial charge in [0.1, 0.15) is 5.69 Å². The quantitative estimate of drug-likeness (QED) is 0.166. The summed E-state index contributed by atoms with van der Waals surface area (Å²) >= 11 is 6.09. The van der Waals surface area contributed by atoms with Crippen LogP contribution in [-0.2, 0) is 12.7 Å². The maximum atomic E-state index is 13.2. The summed E-state index contributed by atoms with van der Waals surface area (Å²) in [7, 11) is 0. The van der Waals surface area contributed by atoms with E-state index in [0.29, 0.717) is 33.1 Å². The number of pyridine rings is 2. The van der Waals surface area contributed by atoms with Gasteiger partial charge in [0.15, 0.2) is 5.65 Å². The monoisotopic (exact) mass is 537 g/mol. The van der Waals surface area contributed by atoms with Crippen molar-refractivity contribution in [1.29, 1.82) is 0 Å². The van der Waals surface area contributed by atoms with E-state index in [2.05, 4.69) is 15.2 Å². The van der Waals surface area contributed by atoms with Gasteiger partial charge in [0.25, 0.3) is 0 Å². The molecule has 3 aromatic heterocycles. The molecule has 5 aromatic rings. The minimum atomic E-state index is -4.55. The average Bonchev–Trinajstić information content (AvgIpc) is 3.23. The van der Waals surface area contributed by atoms with Crippen molar-refractivity contribution in [3.05, 3.63) is 111 Å². The van der Waals surface area contributed by atoms with Crippen LogP contribution in [-0.4, -0.2) is 30.1 Å². The number of fused-ring (bicyclic) bond motifs is 1. The molecule has 0 atom stereocenters. The lowest BCUT2D eigenvalue weighted by Gasteiger charge is -2.12. The molecule has 7 nitrogen and oxygen atoms in total. The van der Waals surface area contributed by atoms with E-state index < -0.39 is 17.6 Å². The van der Waals surface area contributed by atoms with Gasteiger partial charge in [-0.3, -0.25) is 4.98 Å². The Kier molecular flexibility index (Phi) is 6.50. The molecule has 0 bridgehead atoms. The molecule has 0 aliphatic heterocycles. The Bertz CT molecular complexity index is 1710. The van der Waals surface area contributed by atoms with E-state index in [1.165, 1.54) is 15.1 Å². The van der Waals surface area contributed by atoms with E-state index in [4.69, 9.17) is 16.8 Å². The van der Waals surface area contributed by atoms with E-state index in [9.17, 15) is 18.0 Å². The Balaban J connectivity index is 1.66. The molecular weight excluding hydrogens is 519 g/mol. The van der Waals surface area contributed by atoms with Gasteiger partial charge in [0.05, 0.1) is 12.3 Å². The maximum absolute atomic E-state index is 13.2. The lowest BCUT2D eigenvalue weighted by atomic mass is 9.95. The highest BCUT2D eigenvalue weighted by molar-refractivity contribution is 6.30. The molecule has 0 aliphatic rings. The van der Waals surface area contributed by atoms with Gasteiger partial charge >= 0.3 is 11.9 Å². The summed E-state index contributed by atoms with van der Waals surface area (Å²) in [6, 6.07) is 18.4. The van der Waals surface area contributed by atoms with Gasteiger partial charge in [-0.2, -0.15) is 13.2 Å². The Labute approximate surface area is 219 Å². The SMILES string of the molecule is C/C(=N/O)c1ccc(-c2c(-c3ccc(Cl)cc3)ccn3c(=O)n(Cc4ccc(C(F)(F)F)nc4)nc23)cc1.